The molecule has 3 atom stereocenters. The number of rotatable bonds is 3. The molecule has 0 amide bonds. The molecule has 0 saturated heterocycles. The van der Waals surface area contributed by atoms with Crippen molar-refractivity contribution in [1.29, 1.82) is 0 Å². The molecule has 2 heteroatoms. The summed E-state index contributed by atoms with van der Waals surface area (Å²) in [6.45, 7) is 4.32. The number of alkyl halides is 1. The van der Waals surface area contributed by atoms with Gasteiger partial charge in [0.1, 0.15) is 0 Å². The quantitative estimate of drug-likeness (QED) is 0.697. The van der Waals surface area contributed by atoms with Gasteiger partial charge >= 0.3 is 0 Å². The zero-order chi connectivity index (χ0) is 10.1. The van der Waals surface area contributed by atoms with Crippen molar-refractivity contribution in [2.75, 3.05) is 0 Å². The first-order valence-corrected chi connectivity index (χ1v) is 5.66. The van der Waals surface area contributed by atoms with Crippen molar-refractivity contribution in [3.05, 3.63) is 29.6 Å². The number of hydrogen-bond acceptors (Lipinski definition) is 1. The number of aromatic nitrogens is 1. The molecule has 1 aliphatic carbocycles. The van der Waals surface area contributed by atoms with E-state index in [2.05, 4.69) is 31.0 Å². The van der Waals surface area contributed by atoms with Gasteiger partial charge in [-0.15, -0.1) is 11.6 Å². The molecule has 1 aliphatic rings. The molecule has 14 heavy (non-hydrogen) atoms. The molecule has 0 radical (unpaired) electrons. The SMILES string of the molecule is Cc1ccc(CC(Cl)C2CC2C)nc1. The molecular formula is C12H16ClN. The van der Waals surface area contributed by atoms with E-state index in [1.54, 1.807) is 0 Å². The van der Waals surface area contributed by atoms with Crippen LogP contribution in [0.1, 0.15) is 24.6 Å². The third-order valence-corrected chi connectivity index (χ3v) is 3.49. The molecular weight excluding hydrogens is 194 g/mol. The van der Waals surface area contributed by atoms with Gasteiger partial charge in [0.05, 0.1) is 0 Å². The lowest BCUT2D eigenvalue weighted by molar-refractivity contribution is 0.674. The van der Waals surface area contributed by atoms with Crippen molar-refractivity contribution in [3.63, 3.8) is 0 Å². The molecule has 0 N–H and O–H groups in total. The maximum Gasteiger partial charge on any atom is 0.0422 e. The number of aryl methyl sites for hydroxylation is 1. The second-order valence-electron chi connectivity index (χ2n) is 4.42. The van der Waals surface area contributed by atoms with Gasteiger partial charge in [-0.25, -0.2) is 0 Å². The van der Waals surface area contributed by atoms with Crippen molar-refractivity contribution in [2.24, 2.45) is 11.8 Å². The zero-order valence-corrected chi connectivity index (χ0v) is 9.46. The Labute approximate surface area is 90.5 Å². The van der Waals surface area contributed by atoms with E-state index in [4.69, 9.17) is 11.6 Å². The van der Waals surface area contributed by atoms with Crippen molar-refractivity contribution in [3.8, 4) is 0 Å². The number of nitrogens with zero attached hydrogens (tertiary/aromatic N) is 1. The Balaban J connectivity index is 1.93. The van der Waals surface area contributed by atoms with Gasteiger partial charge in [0.2, 0.25) is 0 Å². The molecule has 0 aromatic carbocycles. The van der Waals surface area contributed by atoms with E-state index in [0.717, 1.165) is 24.0 Å². The minimum atomic E-state index is 0.278. The summed E-state index contributed by atoms with van der Waals surface area (Å²) in [6.07, 6.45) is 4.12. The standard InChI is InChI=1S/C12H16ClN/c1-8-3-4-10(14-7-8)6-12(13)11-5-9(11)2/h3-4,7,9,11-12H,5-6H2,1-2H3. The third-order valence-electron chi connectivity index (χ3n) is 3.01. The Hall–Kier alpha value is -0.560. The Morgan fingerprint density at radius 1 is 1.57 bits per heavy atom. The highest BCUT2D eigenvalue weighted by Gasteiger charge is 2.38. The minimum absolute atomic E-state index is 0.278. The van der Waals surface area contributed by atoms with Gasteiger partial charge in [0, 0.05) is 23.7 Å². The summed E-state index contributed by atoms with van der Waals surface area (Å²) < 4.78 is 0. The van der Waals surface area contributed by atoms with E-state index >= 15 is 0 Å². The second kappa shape index (κ2) is 3.90. The Kier molecular flexibility index (Phi) is 2.78. The molecule has 76 valence electrons. The molecule has 0 aliphatic heterocycles. The average molecular weight is 210 g/mol. The van der Waals surface area contributed by atoms with Crippen LogP contribution in [0.25, 0.3) is 0 Å². The second-order valence-corrected chi connectivity index (χ2v) is 4.98. The van der Waals surface area contributed by atoms with Crippen LogP contribution >= 0.6 is 11.6 Å². The first kappa shape index (κ1) is 9.97. The predicted molar refractivity (Wildman–Crippen MR) is 59.6 cm³/mol. The van der Waals surface area contributed by atoms with E-state index < -0.39 is 0 Å². The molecule has 1 aromatic rings. The summed E-state index contributed by atoms with van der Waals surface area (Å²) in [5, 5.41) is 0.278. The molecule has 1 heterocycles. The van der Waals surface area contributed by atoms with Gasteiger partial charge in [-0.1, -0.05) is 13.0 Å². The van der Waals surface area contributed by atoms with Crippen LogP contribution in [-0.4, -0.2) is 10.4 Å². The Bertz CT molecular complexity index is 307. The van der Waals surface area contributed by atoms with Crippen molar-refractivity contribution in [1.82, 2.24) is 4.98 Å². The smallest absolute Gasteiger partial charge is 0.0422 e. The van der Waals surface area contributed by atoms with Gasteiger partial charge < -0.3 is 0 Å². The molecule has 1 nitrogen and oxygen atoms in total. The summed E-state index contributed by atoms with van der Waals surface area (Å²) >= 11 is 6.31. The Morgan fingerprint density at radius 3 is 2.79 bits per heavy atom. The van der Waals surface area contributed by atoms with Crippen LogP contribution in [0.5, 0.6) is 0 Å². The lowest BCUT2D eigenvalue weighted by Crippen LogP contribution is -2.08. The van der Waals surface area contributed by atoms with Gasteiger partial charge in [-0.05, 0) is 36.8 Å². The van der Waals surface area contributed by atoms with Crippen LogP contribution in [0.3, 0.4) is 0 Å². The van der Waals surface area contributed by atoms with Gasteiger partial charge in [-0.2, -0.15) is 0 Å². The molecule has 0 spiro atoms. The van der Waals surface area contributed by atoms with E-state index in [1.807, 2.05) is 6.20 Å². The highest BCUT2D eigenvalue weighted by atomic mass is 35.5. The van der Waals surface area contributed by atoms with Crippen LogP contribution in [0.4, 0.5) is 0 Å². The fourth-order valence-electron chi connectivity index (χ4n) is 1.83. The van der Waals surface area contributed by atoms with E-state index in [0.29, 0.717) is 0 Å². The van der Waals surface area contributed by atoms with Crippen molar-refractivity contribution >= 4 is 11.6 Å². The van der Waals surface area contributed by atoms with Crippen LogP contribution in [0, 0.1) is 18.8 Å². The first-order valence-electron chi connectivity index (χ1n) is 5.22. The normalized spacial score (nSPS) is 27.4. The number of halogens is 1. The topological polar surface area (TPSA) is 12.9 Å². The van der Waals surface area contributed by atoms with Crippen molar-refractivity contribution < 1.29 is 0 Å². The molecule has 1 saturated carbocycles. The lowest BCUT2D eigenvalue weighted by atomic mass is 10.1. The largest absolute Gasteiger partial charge is 0.261 e. The van der Waals surface area contributed by atoms with Crippen LogP contribution in [0.15, 0.2) is 18.3 Å². The predicted octanol–water partition coefficient (Wildman–Crippen LogP) is 3.20. The van der Waals surface area contributed by atoms with E-state index in [9.17, 15) is 0 Å². The summed E-state index contributed by atoms with van der Waals surface area (Å²) in [4.78, 5) is 4.37. The highest BCUT2D eigenvalue weighted by Crippen LogP contribution is 2.43. The fourth-order valence-corrected chi connectivity index (χ4v) is 2.33. The van der Waals surface area contributed by atoms with Crippen LogP contribution in [-0.2, 0) is 6.42 Å². The Morgan fingerprint density at radius 2 is 2.29 bits per heavy atom. The molecule has 3 unspecified atom stereocenters. The van der Waals surface area contributed by atoms with Crippen LogP contribution < -0.4 is 0 Å². The zero-order valence-electron chi connectivity index (χ0n) is 8.70. The monoisotopic (exact) mass is 209 g/mol. The molecule has 1 fully saturated rings. The molecule has 2 rings (SSSR count). The van der Waals surface area contributed by atoms with E-state index in [1.165, 1.54) is 12.0 Å². The fraction of sp³-hybridized carbons (Fsp3) is 0.583. The highest BCUT2D eigenvalue weighted by molar-refractivity contribution is 6.21. The maximum atomic E-state index is 6.31. The van der Waals surface area contributed by atoms with Gasteiger partial charge in [0.15, 0.2) is 0 Å². The van der Waals surface area contributed by atoms with Gasteiger partial charge in [0.25, 0.3) is 0 Å². The summed E-state index contributed by atoms with van der Waals surface area (Å²) in [5.74, 6) is 1.54. The third kappa shape index (κ3) is 2.27. The van der Waals surface area contributed by atoms with Gasteiger partial charge in [-0.3, -0.25) is 4.98 Å². The number of pyridine rings is 1. The summed E-state index contributed by atoms with van der Waals surface area (Å²) in [5.41, 5.74) is 2.33. The summed E-state index contributed by atoms with van der Waals surface area (Å²) in [7, 11) is 0. The maximum absolute atomic E-state index is 6.31. The average Bonchev–Trinajstić information content (AvgIpc) is 2.87. The lowest BCUT2D eigenvalue weighted by Gasteiger charge is -2.07. The molecule has 0 bridgehead atoms. The van der Waals surface area contributed by atoms with Crippen LogP contribution in [0.2, 0.25) is 0 Å². The summed E-state index contributed by atoms with van der Waals surface area (Å²) in [6, 6.07) is 4.18. The van der Waals surface area contributed by atoms with Crippen molar-refractivity contribution in [2.45, 2.75) is 32.1 Å². The molecule has 1 aromatic heterocycles. The first-order chi connectivity index (χ1) is 6.66. The minimum Gasteiger partial charge on any atom is -0.261 e. The van der Waals surface area contributed by atoms with E-state index in [-0.39, 0.29) is 5.38 Å². The number of hydrogen-bond donors (Lipinski definition) is 0.